The summed E-state index contributed by atoms with van der Waals surface area (Å²) in [5, 5.41) is 22.4. The highest BCUT2D eigenvalue weighted by atomic mass is 16.6. The molecule has 9 heteroatoms. The van der Waals surface area contributed by atoms with Crippen LogP contribution in [0.25, 0.3) is 0 Å². The van der Waals surface area contributed by atoms with Gasteiger partial charge in [-0.1, -0.05) is 36.4 Å². The number of non-ortho nitro benzene ring substituents is 1. The third-order valence-electron chi connectivity index (χ3n) is 4.19. The number of nitrogens with one attached hydrogen (secondary N) is 1. The summed E-state index contributed by atoms with van der Waals surface area (Å²) in [6.07, 6.45) is 0.464. The Morgan fingerprint density at radius 1 is 1.14 bits per heavy atom. The lowest BCUT2D eigenvalue weighted by atomic mass is 10.1. The number of carboxylic acids is 1. The van der Waals surface area contributed by atoms with Crippen LogP contribution in [0, 0.1) is 10.1 Å². The number of benzene rings is 2. The van der Waals surface area contributed by atoms with Crippen molar-refractivity contribution >= 4 is 23.5 Å². The summed E-state index contributed by atoms with van der Waals surface area (Å²) in [5.74, 6) is -2.38. The van der Waals surface area contributed by atoms with E-state index in [1.54, 1.807) is 0 Å². The zero-order valence-electron chi connectivity index (χ0n) is 15.8. The largest absolute Gasteiger partial charge is 0.480 e. The molecule has 0 saturated carbocycles. The molecular formula is C20H21N3O6. The summed E-state index contributed by atoms with van der Waals surface area (Å²) < 4.78 is 0. The molecule has 0 bridgehead atoms. The minimum atomic E-state index is -1.16. The average molecular weight is 399 g/mol. The molecule has 152 valence electrons. The summed E-state index contributed by atoms with van der Waals surface area (Å²) >= 11 is 0. The van der Waals surface area contributed by atoms with E-state index in [1.165, 1.54) is 25.1 Å². The van der Waals surface area contributed by atoms with Crippen molar-refractivity contribution in [3.8, 4) is 0 Å². The Morgan fingerprint density at radius 3 is 2.45 bits per heavy atom. The maximum atomic E-state index is 12.7. The number of nitrogens with zero attached hydrogens (tertiary/aromatic N) is 2. The van der Waals surface area contributed by atoms with Crippen molar-refractivity contribution < 1.29 is 24.4 Å². The monoisotopic (exact) mass is 399 g/mol. The number of carboxylic acid groups (broad SMARTS) is 1. The molecular weight excluding hydrogens is 378 g/mol. The fourth-order valence-electron chi connectivity index (χ4n) is 2.72. The van der Waals surface area contributed by atoms with E-state index < -0.39 is 35.3 Å². The number of aliphatic carboxylic acids is 1. The lowest BCUT2D eigenvalue weighted by Crippen LogP contribution is -2.49. The number of carbonyl (C=O) groups excluding carboxylic acids is 2. The Kier molecular flexibility index (Phi) is 7.41. The molecule has 0 fully saturated rings. The van der Waals surface area contributed by atoms with Crippen molar-refractivity contribution in [2.45, 2.75) is 19.4 Å². The van der Waals surface area contributed by atoms with Crippen LogP contribution in [-0.4, -0.2) is 51.8 Å². The Hall–Kier alpha value is -3.75. The van der Waals surface area contributed by atoms with Gasteiger partial charge in [0.05, 0.1) is 4.92 Å². The van der Waals surface area contributed by atoms with Gasteiger partial charge in [0.2, 0.25) is 5.91 Å². The van der Waals surface area contributed by atoms with E-state index in [4.69, 9.17) is 5.11 Å². The van der Waals surface area contributed by atoms with Gasteiger partial charge in [-0.25, -0.2) is 0 Å². The number of rotatable bonds is 9. The molecule has 0 aliphatic heterocycles. The van der Waals surface area contributed by atoms with E-state index in [9.17, 15) is 24.5 Å². The van der Waals surface area contributed by atoms with Gasteiger partial charge in [0, 0.05) is 24.2 Å². The van der Waals surface area contributed by atoms with Gasteiger partial charge < -0.3 is 15.3 Å². The van der Waals surface area contributed by atoms with Crippen molar-refractivity contribution in [3.63, 3.8) is 0 Å². The summed E-state index contributed by atoms with van der Waals surface area (Å²) in [6.45, 7) is 1.11. The first-order chi connectivity index (χ1) is 13.8. The van der Waals surface area contributed by atoms with Crippen LogP contribution >= 0.6 is 0 Å². The summed E-state index contributed by atoms with van der Waals surface area (Å²) in [7, 11) is 0. The van der Waals surface area contributed by atoms with Crippen LogP contribution in [0.3, 0.4) is 0 Å². The molecule has 2 aromatic carbocycles. The minimum Gasteiger partial charge on any atom is -0.480 e. The molecule has 0 aliphatic carbocycles. The van der Waals surface area contributed by atoms with E-state index in [0.29, 0.717) is 6.42 Å². The molecule has 0 spiro atoms. The molecule has 1 unspecified atom stereocenters. The minimum absolute atomic E-state index is 0.0351. The van der Waals surface area contributed by atoms with Crippen LogP contribution in [0.1, 0.15) is 22.8 Å². The van der Waals surface area contributed by atoms with Crippen molar-refractivity contribution in [2.24, 2.45) is 0 Å². The average Bonchev–Trinajstić information content (AvgIpc) is 2.71. The van der Waals surface area contributed by atoms with Crippen molar-refractivity contribution in [1.29, 1.82) is 0 Å². The number of carbonyl (C=O) groups is 3. The highest BCUT2D eigenvalue weighted by molar-refractivity contribution is 5.98. The first kappa shape index (κ1) is 21.5. The molecule has 9 nitrogen and oxygen atoms in total. The zero-order valence-corrected chi connectivity index (χ0v) is 15.8. The van der Waals surface area contributed by atoms with Crippen LogP contribution in [0.4, 0.5) is 5.69 Å². The zero-order chi connectivity index (χ0) is 21.4. The molecule has 29 heavy (non-hydrogen) atoms. The van der Waals surface area contributed by atoms with Gasteiger partial charge in [-0.05, 0) is 25.0 Å². The normalized spacial score (nSPS) is 11.3. The second-order valence-electron chi connectivity index (χ2n) is 6.39. The second kappa shape index (κ2) is 9.98. The highest BCUT2D eigenvalue weighted by Gasteiger charge is 2.24. The van der Waals surface area contributed by atoms with Crippen LogP contribution in [0.15, 0.2) is 54.6 Å². The maximum absolute atomic E-state index is 12.7. The number of nitro groups is 1. The molecule has 0 saturated heterocycles. The molecule has 2 amide bonds. The SMILES string of the molecule is CC(NC(=O)c1cccc([N+](=O)[O-])c1)C(=O)N(CCc1ccccc1)CC(=O)O. The van der Waals surface area contributed by atoms with Crippen molar-refractivity contribution in [2.75, 3.05) is 13.1 Å². The second-order valence-corrected chi connectivity index (χ2v) is 6.39. The maximum Gasteiger partial charge on any atom is 0.323 e. The molecule has 1 atom stereocenters. The lowest BCUT2D eigenvalue weighted by molar-refractivity contribution is -0.384. The number of hydrogen-bond acceptors (Lipinski definition) is 5. The van der Waals surface area contributed by atoms with Gasteiger partial charge in [-0.15, -0.1) is 0 Å². The number of amides is 2. The van der Waals surface area contributed by atoms with Gasteiger partial charge in [0.15, 0.2) is 0 Å². The number of nitro benzene ring substituents is 1. The molecule has 0 radical (unpaired) electrons. The van der Waals surface area contributed by atoms with E-state index in [1.807, 2.05) is 30.3 Å². The predicted octanol–water partition coefficient (Wildman–Crippen LogP) is 1.87. The van der Waals surface area contributed by atoms with Crippen molar-refractivity contribution in [1.82, 2.24) is 10.2 Å². The molecule has 0 heterocycles. The van der Waals surface area contributed by atoms with Gasteiger partial charge in [-0.2, -0.15) is 0 Å². The molecule has 2 N–H and O–H groups in total. The fourth-order valence-corrected chi connectivity index (χ4v) is 2.72. The Balaban J connectivity index is 2.05. The molecule has 0 aliphatic rings. The predicted molar refractivity (Wildman–Crippen MR) is 104 cm³/mol. The van der Waals surface area contributed by atoms with Gasteiger partial charge in [-0.3, -0.25) is 24.5 Å². The topological polar surface area (TPSA) is 130 Å². The summed E-state index contributed by atoms with van der Waals surface area (Å²) in [5.41, 5.74) is 0.740. The van der Waals surface area contributed by atoms with Crippen LogP contribution in [0.2, 0.25) is 0 Å². The standard InChI is InChI=1S/C20H21N3O6/c1-14(21-19(26)16-8-5-9-17(12-16)23(28)29)20(27)22(13-18(24)25)11-10-15-6-3-2-4-7-15/h2-9,12,14H,10-11,13H2,1H3,(H,21,26)(H,24,25). The Labute approximate surface area is 167 Å². The molecule has 2 rings (SSSR count). The fraction of sp³-hybridized carbons (Fsp3) is 0.250. The third-order valence-corrected chi connectivity index (χ3v) is 4.19. The molecule has 2 aromatic rings. The van der Waals surface area contributed by atoms with E-state index in [0.717, 1.165) is 16.5 Å². The van der Waals surface area contributed by atoms with Crippen LogP contribution < -0.4 is 5.32 Å². The van der Waals surface area contributed by atoms with Crippen LogP contribution in [0.5, 0.6) is 0 Å². The number of hydrogen-bond donors (Lipinski definition) is 2. The van der Waals surface area contributed by atoms with Gasteiger partial charge >= 0.3 is 5.97 Å². The molecule has 0 aromatic heterocycles. The first-order valence-electron chi connectivity index (χ1n) is 8.87. The Bertz CT molecular complexity index is 900. The van der Waals surface area contributed by atoms with Gasteiger partial charge in [0.25, 0.3) is 11.6 Å². The van der Waals surface area contributed by atoms with Crippen LogP contribution in [-0.2, 0) is 16.0 Å². The van der Waals surface area contributed by atoms with E-state index >= 15 is 0 Å². The summed E-state index contributed by atoms with van der Waals surface area (Å²) in [4.78, 5) is 47.6. The van der Waals surface area contributed by atoms with E-state index in [-0.39, 0.29) is 17.8 Å². The van der Waals surface area contributed by atoms with Gasteiger partial charge in [0.1, 0.15) is 12.6 Å². The third kappa shape index (κ3) is 6.42. The van der Waals surface area contributed by atoms with Crippen molar-refractivity contribution in [3.05, 3.63) is 75.8 Å². The summed E-state index contributed by atoms with van der Waals surface area (Å²) in [6, 6.07) is 13.4. The first-order valence-corrected chi connectivity index (χ1v) is 8.87. The highest BCUT2D eigenvalue weighted by Crippen LogP contribution is 2.13. The quantitative estimate of drug-likeness (QED) is 0.489. The Morgan fingerprint density at radius 2 is 1.83 bits per heavy atom. The lowest BCUT2D eigenvalue weighted by Gasteiger charge is -2.25. The van der Waals surface area contributed by atoms with E-state index in [2.05, 4.69) is 5.32 Å². The smallest absolute Gasteiger partial charge is 0.323 e.